The average molecular weight is 275 g/mol. The third-order valence-corrected chi connectivity index (χ3v) is 3.01. The SMILES string of the molecule is COCCNCc1ccn(Cc2ccccc2OC)n1. The van der Waals surface area contributed by atoms with E-state index in [0.717, 1.165) is 30.1 Å². The van der Waals surface area contributed by atoms with E-state index in [0.29, 0.717) is 13.2 Å². The van der Waals surface area contributed by atoms with Gasteiger partial charge in [0.25, 0.3) is 0 Å². The predicted octanol–water partition coefficient (Wildman–Crippen LogP) is 1.68. The minimum atomic E-state index is 0.710. The van der Waals surface area contributed by atoms with Crippen molar-refractivity contribution in [3.8, 4) is 5.75 Å². The molecule has 1 N–H and O–H groups in total. The highest BCUT2D eigenvalue weighted by Crippen LogP contribution is 2.18. The van der Waals surface area contributed by atoms with Crippen molar-refractivity contribution in [3.05, 3.63) is 47.8 Å². The molecule has 0 fully saturated rings. The second-order valence-corrected chi connectivity index (χ2v) is 4.49. The molecule has 0 radical (unpaired) electrons. The first-order chi connectivity index (χ1) is 9.83. The Morgan fingerprint density at radius 3 is 2.85 bits per heavy atom. The smallest absolute Gasteiger partial charge is 0.123 e. The summed E-state index contributed by atoms with van der Waals surface area (Å²) in [6.45, 7) is 3.00. The third kappa shape index (κ3) is 4.08. The molecule has 2 aromatic rings. The first-order valence-electron chi connectivity index (χ1n) is 6.67. The Balaban J connectivity index is 1.92. The highest BCUT2D eigenvalue weighted by Gasteiger charge is 2.04. The normalized spacial score (nSPS) is 10.7. The van der Waals surface area contributed by atoms with E-state index in [1.807, 2.05) is 35.1 Å². The van der Waals surface area contributed by atoms with Gasteiger partial charge in [0, 0.05) is 32.0 Å². The van der Waals surface area contributed by atoms with E-state index in [4.69, 9.17) is 9.47 Å². The fourth-order valence-corrected chi connectivity index (χ4v) is 1.98. The van der Waals surface area contributed by atoms with Gasteiger partial charge in [-0.05, 0) is 12.1 Å². The van der Waals surface area contributed by atoms with Gasteiger partial charge in [0.05, 0.1) is 26.0 Å². The molecular formula is C15H21N3O2. The molecule has 0 aliphatic rings. The van der Waals surface area contributed by atoms with Gasteiger partial charge in [-0.15, -0.1) is 0 Å². The van der Waals surface area contributed by atoms with Gasteiger partial charge in [0.1, 0.15) is 5.75 Å². The molecule has 1 aromatic carbocycles. The van der Waals surface area contributed by atoms with E-state index in [1.165, 1.54) is 0 Å². The maximum absolute atomic E-state index is 5.35. The zero-order valence-corrected chi connectivity index (χ0v) is 12.0. The summed E-state index contributed by atoms with van der Waals surface area (Å²) in [6.07, 6.45) is 1.99. The number of nitrogens with one attached hydrogen (secondary N) is 1. The van der Waals surface area contributed by atoms with Crippen LogP contribution < -0.4 is 10.1 Å². The van der Waals surface area contributed by atoms with Gasteiger partial charge in [0.2, 0.25) is 0 Å². The molecule has 0 spiro atoms. The van der Waals surface area contributed by atoms with Crippen LogP contribution in [-0.4, -0.2) is 37.2 Å². The van der Waals surface area contributed by atoms with Crippen LogP contribution in [0.25, 0.3) is 0 Å². The Bertz CT molecular complexity index is 525. The van der Waals surface area contributed by atoms with Crippen molar-refractivity contribution in [1.82, 2.24) is 15.1 Å². The molecule has 0 atom stereocenters. The number of para-hydroxylation sites is 1. The fraction of sp³-hybridized carbons (Fsp3) is 0.400. The Hall–Kier alpha value is -1.85. The lowest BCUT2D eigenvalue weighted by Gasteiger charge is -2.08. The zero-order chi connectivity index (χ0) is 14.2. The highest BCUT2D eigenvalue weighted by molar-refractivity contribution is 5.33. The summed E-state index contributed by atoms with van der Waals surface area (Å²) in [6, 6.07) is 10.0. The van der Waals surface area contributed by atoms with Crippen LogP contribution in [0.15, 0.2) is 36.5 Å². The van der Waals surface area contributed by atoms with Crippen LogP contribution in [0.3, 0.4) is 0 Å². The number of benzene rings is 1. The van der Waals surface area contributed by atoms with Crippen molar-refractivity contribution in [2.75, 3.05) is 27.4 Å². The lowest BCUT2D eigenvalue weighted by atomic mass is 10.2. The molecule has 108 valence electrons. The Morgan fingerprint density at radius 1 is 1.20 bits per heavy atom. The first-order valence-corrected chi connectivity index (χ1v) is 6.67. The van der Waals surface area contributed by atoms with Crippen LogP contribution >= 0.6 is 0 Å². The average Bonchev–Trinajstić information content (AvgIpc) is 2.92. The summed E-state index contributed by atoms with van der Waals surface area (Å²) in [5.41, 5.74) is 2.15. The van der Waals surface area contributed by atoms with E-state index < -0.39 is 0 Å². The largest absolute Gasteiger partial charge is 0.496 e. The molecule has 5 nitrogen and oxygen atoms in total. The summed E-state index contributed by atoms with van der Waals surface area (Å²) >= 11 is 0. The van der Waals surface area contributed by atoms with Crippen molar-refractivity contribution in [1.29, 1.82) is 0 Å². The number of aromatic nitrogens is 2. The van der Waals surface area contributed by atoms with Gasteiger partial charge >= 0.3 is 0 Å². The van der Waals surface area contributed by atoms with Crippen molar-refractivity contribution in [2.45, 2.75) is 13.1 Å². The number of nitrogens with zero attached hydrogens (tertiary/aromatic N) is 2. The molecule has 0 saturated heterocycles. The summed E-state index contributed by atoms with van der Waals surface area (Å²) in [4.78, 5) is 0. The van der Waals surface area contributed by atoms with E-state index in [-0.39, 0.29) is 0 Å². The van der Waals surface area contributed by atoms with Gasteiger partial charge < -0.3 is 14.8 Å². The quantitative estimate of drug-likeness (QED) is 0.745. The molecule has 20 heavy (non-hydrogen) atoms. The van der Waals surface area contributed by atoms with Gasteiger partial charge in [-0.25, -0.2) is 0 Å². The number of hydrogen-bond acceptors (Lipinski definition) is 4. The lowest BCUT2D eigenvalue weighted by molar-refractivity contribution is 0.199. The summed E-state index contributed by atoms with van der Waals surface area (Å²) < 4.78 is 12.3. The summed E-state index contributed by atoms with van der Waals surface area (Å²) in [7, 11) is 3.39. The van der Waals surface area contributed by atoms with Crippen molar-refractivity contribution in [3.63, 3.8) is 0 Å². The van der Waals surface area contributed by atoms with E-state index in [9.17, 15) is 0 Å². The Kier molecular flexibility index (Phi) is 5.58. The molecular weight excluding hydrogens is 254 g/mol. The molecule has 0 aliphatic carbocycles. The molecule has 1 heterocycles. The number of methoxy groups -OCH3 is 2. The minimum absolute atomic E-state index is 0.710. The van der Waals surface area contributed by atoms with Crippen LogP contribution in [0.5, 0.6) is 5.75 Å². The molecule has 0 aliphatic heterocycles. The van der Waals surface area contributed by atoms with Gasteiger partial charge in [-0.3, -0.25) is 4.68 Å². The molecule has 1 aromatic heterocycles. The molecule has 5 heteroatoms. The van der Waals surface area contributed by atoms with Crippen molar-refractivity contribution in [2.24, 2.45) is 0 Å². The molecule has 0 unspecified atom stereocenters. The number of hydrogen-bond donors (Lipinski definition) is 1. The van der Waals surface area contributed by atoms with Gasteiger partial charge in [-0.1, -0.05) is 18.2 Å². The van der Waals surface area contributed by atoms with Crippen molar-refractivity contribution >= 4 is 0 Å². The van der Waals surface area contributed by atoms with Crippen LogP contribution in [0.2, 0.25) is 0 Å². The topological polar surface area (TPSA) is 48.3 Å². The molecule has 0 amide bonds. The zero-order valence-electron chi connectivity index (χ0n) is 12.0. The van der Waals surface area contributed by atoms with Crippen LogP contribution in [0.4, 0.5) is 0 Å². The summed E-state index contributed by atoms with van der Waals surface area (Å²) in [5.74, 6) is 0.891. The van der Waals surface area contributed by atoms with E-state index >= 15 is 0 Å². The van der Waals surface area contributed by atoms with Crippen LogP contribution in [0, 0.1) is 0 Å². The maximum Gasteiger partial charge on any atom is 0.123 e. The van der Waals surface area contributed by atoms with E-state index in [1.54, 1.807) is 14.2 Å². The highest BCUT2D eigenvalue weighted by atomic mass is 16.5. The Labute approximate surface area is 119 Å². The van der Waals surface area contributed by atoms with Crippen LogP contribution in [0.1, 0.15) is 11.3 Å². The third-order valence-electron chi connectivity index (χ3n) is 3.01. The van der Waals surface area contributed by atoms with Gasteiger partial charge in [0.15, 0.2) is 0 Å². The molecule has 0 bridgehead atoms. The fourth-order valence-electron chi connectivity index (χ4n) is 1.98. The predicted molar refractivity (Wildman–Crippen MR) is 77.9 cm³/mol. The number of ether oxygens (including phenoxy) is 2. The first kappa shape index (κ1) is 14.6. The van der Waals surface area contributed by atoms with Crippen LogP contribution in [-0.2, 0) is 17.8 Å². The maximum atomic E-state index is 5.35. The Morgan fingerprint density at radius 2 is 2.05 bits per heavy atom. The molecule has 2 rings (SSSR count). The second-order valence-electron chi connectivity index (χ2n) is 4.49. The van der Waals surface area contributed by atoms with E-state index in [2.05, 4.69) is 16.5 Å². The standard InChI is InChI=1S/C15H21N3O2/c1-19-10-8-16-11-14-7-9-18(17-14)12-13-5-3-4-6-15(13)20-2/h3-7,9,16H,8,10-12H2,1-2H3. The second kappa shape index (κ2) is 7.67. The lowest BCUT2D eigenvalue weighted by Crippen LogP contribution is -2.19. The minimum Gasteiger partial charge on any atom is -0.496 e. The summed E-state index contributed by atoms with van der Waals surface area (Å²) in [5, 5.41) is 7.81. The van der Waals surface area contributed by atoms with Gasteiger partial charge in [-0.2, -0.15) is 5.10 Å². The van der Waals surface area contributed by atoms with Crippen molar-refractivity contribution < 1.29 is 9.47 Å². The number of rotatable bonds is 8. The molecule has 0 saturated carbocycles. The monoisotopic (exact) mass is 275 g/mol.